The molecule has 4 N–H and O–H groups in total. The fraction of sp³-hybridized carbons (Fsp3) is 0.750. The van der Waals surface area contributed by atoms with E-state index in [4.69, 9.17) is 10.8 Å². The van der Waals surface area contributed by atoms with Crippen molar-refractivity contribution < 1.29 is 14.7 Å². The van der Waals surface area contributed by atoms with E-state index in [0.717, 1.165) is 0 Å². The van der Waals surface area contributed by atoms with Crippen LogP contribution in [0.5, 0.6) is 0 Å². The van der Waals surface area contributed by atoms with E-state index in [1.54, 1.807) is 6.92 Å². The lowest BCUT2D eigenvalue weighted by Gasteiger charge is -2.08. The fourth-order valence-electron chi connectivity index (χ4n) is 0.971. The number of carboxylic acid groups (broad SMARTS) is 1. The summed E-state index contributed by atoms with van der Waals surface area (Å²) in [4.78, 5) is 21.3. The Morgan fingerprint density at radius 1 is 1.46 bits per heavy atom. The molecule has 0 aliphatic rings. The highest BCUT2D eigenvalue weighted by atomic mass is 16.4. The van der Waals surface area contributed by atoms with Crippen molar-refractivity contribution in [3.05, 3.63) is 0 Å². The van der Waals surface area contributed by atoms with E-state index in [9.17, 15) is 9.59 Å². The fourth-order valence-corrected chi connectivity index (χ4v) is 0.971. The first-order valence-corrected chi connectivity index (χ1v) is 4.24. The van der Waals surface area contributed by atoms with Crippen LogP contribution in [-0.2, 0) is 9.59 Å². The normalized spacial score (nSPS) is 12.2. The van der Waals surface area contributed by atoms with Crippen molar-refractivity contribution in [2.45, 2.75) is 19.8 Å². The summed E-state index contributed by atoms with van der Waals surface area (Å²) in [6, 6.07) is 0. The van der Waals surface area contributed by atoms with Gasteiger partial charge < -0.3 is 16.2 Å². The minimum atomic E-state index is -0.876. The first kappa shape index (κ1) is 11.9. The molecule has 0 rings (SSSR count). The Hall–Kier alpha value is -1.10. The van der Waals surface area contributed by atoms with E-state index < -0.39 is 5.97 Å². The molecular formula is C8H16N2O3. The number of carbonyl (C=O) groups is 2. The summed E-state index contributed by atoms with van der Waals surface area (Å²) in [7, 11) is 0. The standard InChI is InChI=1S/C8H16N2O3/c1-6(5-8(12)13)4-7(11)10-3-2-9/h6H,2-5,9H2,1H3,(H,10,11)(H,12,13). The SMILES string of the molecule is CC(CC(=O)O)CC(=O)NCCN. The van der Waals surface area contributed by atoms with Gasteiger partial charge in [0, 0.05) is 25.9 Å². The molecule has 0 spiro atoms. The molecule has 0 saturated carbocycles. The molecular weight excluding hydrogens is 172 g/mol. The molecule has 0 aromatic heterocycles. The van der Waals surface area contributed by atoms with Gasteiger partial charge in [0.2, 0.25) is 5.91 Å². The molecule has 0 aromatic carbocycles. The molecule has 0 aromatic rings. The van der Waals surface area contributed by atoms with E-state index in [-0.39, 0.29) is 24.7 Å². The number of hydrogen-bond donors (Lipinski definition) is 3. The Kier molecular flexibility index (Phi) is 5.88. The van der Waals surface area contributed by atoms with E-state index in [1.165, 1.54) is 0 Å². The Balaban J connectivity index is 3.59. The number of rotatable bonds is 6. The molecule has 0 fully saturated rings. The minimum Gasteiger partial charge on any atom is -0.481 e. The molecule has 1 unspecified atom stereocenters. The third-order valence-corrected chi connectivity index (χ3v) is 1.52. The maximum atomic E-state index is 11.0. The summed E-state index contributed by atoms with van der Waals surface area (Å²) in [6.07, 6.45) is 0.266. The maximum absolute atomic E-state index is 11.0. The summed E-state index contributed by atoms with van der Waals surface area (Å²) in [5.74, 6) is -1.14. The van der Waals surface area contributed by atoms with Gasteiger partial charge in [-0.3, -0.25) is 9.59 Å². The quantitative estimate of drug-likeness (QED) is 0.527. The summed E-state index contributed by atoms with van der Waals surface area (Å²) in [6.45, 7) is 2.58. The summed E-state index contributed by atoms with van der Waals surface area (Å²) >= 11 is 0. The topological polar surface area (TPSA) is 92.4 Å². The molecule has 0 heterocycles. The van der Waals surface area contributed by atoms with Crippen molar-refractivity contribution in [3.8, 4) is 0 Å². The highest BCUT2D eigenvalue weighted by molar-refractivity contribution is 5.77. The van der Waals surface area contributed by atoms with E-state index in [1.807, 2.05) is 0 Å². The van der Waals surface area contributed by atoms with Crippen LogP contribution in [0.25, 0.3) is 0 Å². The zero-order chi connectivity index (χ0) is 10.3. The van der Waals surface area contributed by atoms with Gasteiger partial charge in [0.1, 0.15) is 0 Å². The number of nitrogens with two attached hydrogens (primary N) is 1. The number of nitrogens with one attached hydrogen (secondary N) is 1. The Bertz CT molecular complexity index is 182. The number of aliphatic carboxylic acids is 1. The number of carbonyl (C=O) groups excluding carboxylic acids is 1. The van der Waals surface area contributed by atoms with Crippen LogP contribution in [0, 0.1) is 5.92 Å². The first-order valence-electron chi connectivity index (χ1n) is 4.24. The third-order valence-electron chi connectivity index (χ3n) is 1.52. The lowest BCUT2D eigenvalue weighted by molar-refractivity contribution is -0.138. The molecule has 0 saturated heterocycles. The van der Waals surface area contributed by atoms with Crippen molar-refractivity contribution in [3.63, 3.8) is 0 Å². The Morgan fingerprint density at radius 3 is 2.54 bits per heavy atom. The minimum absolute atomic E-state index is 0.0239. The summed E-state index contributed by atoms with van der Waals surface area (Å²) in [5, 5.41) is 11.0. The molecule has 0 bridgehead atoms. The number of carboxylic acids is 1. The van der Waals surface area contributed by atoms with Gasteiger partial charge in [0.05, 0.1) is 0 Å². The second-order valence-corrected chi connectivity index (χ2v) is 3.05. The summed E-state index contributed by atoms with van der Waals surface area (Å²) in [5.41, 5.74) is 5.18. The van der Waals surface area contributed by atoms with Gasteiger partial charge in [-0.2, -0.15) is 0 Å². The van der Waals surface area contributed by atoms with Crippen molar-refractivity contribution in [1.29, 1.82) is 0 Å². The molecule has 0 radical (unpaired) electrons. The lowest BCUT2D eigenvalue weighted by Crippen LogP contribution is -2.30. The zero-order valence-corrected chi connectivity index (χ0v) is 7.75. The highest BCUT2D eigenvalue weighted by Crippen LogP contribution is 2.06. The van der Waals surface area contributed by atoms with Crippen molar-refractivity contribution >= 4 is 11.9 Å². The van der Waals surface area contributed by atoms with Gasteiger partial charge in [-0.25, -0.2) is 0 Å². The van der Waals surface area contributed by atoms with Crippen LogP contribution in [0.15, 0.2) is 0 Å². The number of amides is 1. The average Bonchev–Trinajstić information content (AvgIpc) is 1.98. The molecule has 0 aliphatic heterocycles. The van der Waals surface area contributed by atoms with Crippen LogP contribution >= 0.6 is 0 Å². The Labute approximate surface area is 77.3 Å². The smallest absolute Gasteiger partial charge is 0.303 e. The molecule has 0 aliphatic carbocycles. The zero-order valence-electron chi connectivity index (χ0n) is 7.75. The summed E-state index contributed by atoms with van der Waals surface area (Å²) < 4.78 is 0. The van der Waals surface area contributed by atoms with Crippen LogP contribution in [-0.4, -0.2) is 30.1 Å². The molecule has 5 nitrogen and oxygen atoms in total. The maximum Gasteiger partial charge on any atom is 0.303 e. The molecule has 76 valence electrons. The van der Waals surface area contributed by atoms with Crippen LogP contribution in [0.4, 0.5) is 0 Å². The second kappa shape index (κ2) is 6.42. The van der Waals surface area contributed by atoms with Gasteiger partial charge in [-0.1, -0.05) is 6.92 Å². The van der Waals surface area contributed by atoms with Gasteiger partial charge in [-0.15, -0.1) is 0 Å². The monoisotopic (exact) mass is 188 g/mol. The van der Waals surface area contributed by atoms with Gasteiger partial charge >= 0.3 is 5.97 Å². The third kappa shape index (κ3) is 7.27. The molecule has 13 heavy (non-hydrogen) atoms. The highest BCUT2D eigenvalue weighted by Gasteiger charge is 2.11. The van der Waals surface area contributed by atoms with Crippen LogP contribution in [0.1, 0.15) is 19.8 Å². The molecule has 1 amide bonds. The van der Waals surface area contributed by atoms with E-state index >= 15 is 0 Å². The van der Waals surface area contributed by atoms with Gasteiger partial charge in [-0.05, 0) is 5.92 Å². The lowest BCUT2D eigenvalue weighted by atomic mass is 10.0. The largest absolute Gasteiger partial charge is 0.481 e. The van der Waals surface area contributed by atoms with Crippen LogP contribution in [0.3, 0.4) is 0 Å². The predicted octanol–water partition coefficient (Wildman–Crippen LogP) is -0.438. The first-order chi connectivity index (χ1) is 6.06. The van der Waals surface area contributed by atoms with Crippen LogP contribution in [0.2, 0.25) is 0 Å². The average molecular weight is 188 g/mol. The van der Waals surface area contributed by atoms with Crippen molar-refractivity contribution in [2.24, 2.45) is 11.7 Å². The Morgan fingerprint density at radius 2 is 2.08 bits per heavy atom. The van der Waals surface area contributed by atoms with Gasteiger partial charge in [0.15, 0.2) is 0 Å². The van der Waals surface area contributed by atoms with Crippen LogP contribution < -0.4 is 11.1 Å². The second-order valence-electron chi connectivity index (χ2n) is 3.05. The van der Waals surface area contributed by atoms with E-state index in [0.29, 0.717) is 13.1 Å². The molecule has 1 atom stereocenters. The predicted molar refractivity (Wildman–Crippen MR) is 48.1 cm³/mol. The van der Waals surface area contributed by atoms with E-state index in [2.05, 4.69) is 5.32 Å². The van der Waals surface area contributed by atoms with Crippen molar-refractivity contribution in [2.75, 3.05) is 13.1 Å². The number of hydrogen-bond acceptors (Lipinski definition) is 3. The van der Waals surface area contributed by atoms with Gasteiger partial charge in [0.25, 0.3) is 0 Å². The molecule has 5 heteroatoms. The van der Waals surface area contributed by atoms with Crippen molar-refractivity contribution in [1.82, 2.24) is 5.32 Å².